The third kappa shape index (κ3) is 4.28. The molecule has 122 valence electrons. The third-order valence-corrected chi connectivity index (χ3v) is 3.85. The Hall–Kier alpha value is -2.49. The molecule has 0 aromatic heterocycles. The van der Waals surface area contributed by atoms with Crippen LogP contribution < -0.4 is 10.1 Å². The first-order valence-electron chi connectivity index (χ1n) is 7.68. The second-order valence-corrected chi connectivity index (χ2v) is 5.82. The summed E-state index contributed by atoms with van der Waals surface area (Å²) in [7, 11) is 0. The molecule has 3 aromatic carbocycles. The molecule has 2 N–H and O–H groups in total. The van der Waals surface area contributed by atoms with Gasteiger partial charge in [-0.25, -0.2) is 0 Å². The summed E-state index contributed by atoms with van der Waals surface area (Å²) in [5.41, 5.74) is 3.64. The normalized spacial score (nSPS) is 10.4. The van der Waals surface area contributed by atoms with Crippen molar-refractivity contribution in [3.8, 4) is 5.75 Å². The molecule has 0 atom stereocenters. The second kappa shape index (κ2) is 7.86. The van der Waals surface area contributed by atoms with Gasteiger partial charge in [0.1, 0.15) is 12.4 Å². The highest BCUT2D eigenvalue weighted by atomic mass is 35.5. The van der Waals surface area contributed by atoms with Crippen molar-refractivity contribution in [2.75, 3.05) is 5.32 Å². The number of ether oxygens (including phenoxy) is 1. The molecule has 4 heteroatoms. The molecular formula is C20H18ClNO2. The Morgan fingerprint density at radius 2 is 1.67 bits per heavy atom. The van der Waals surface area contributed by atoms with Crippen LogP contribution in [-0.2, 0) is 13.2 Å². The maximum absolute atomic E-state index is 9.42. The fraction of sp³-hybridized carbons (Fsp3) is 0.100. The van der Waals surface area contributed by atoms with Crippen LogP contribution in [0.3, 0.4) is 0 Å². The van der Waals surface area contributed by atoms with Crippen LogP contribution in [0.5, 0.6) is 5.75 Å². The molecule has 0 bridgehead atoms. The standard InChI is InChI=1S/C20H18ClNO2/c21-17-6-11-20(16(12-17)13-23)22-18-7-9-19(10-8-18)24-14-15-4-2-1-3-5-15/h1-12,22-23H,13-14H2. The minimum atomic E-state index is -0.0683. The monoisotopic (exact) mass is 339 g/mol. The van der Waals surface area contributed by atoms with Gasteiger partial charge in [0.25, 0.3) is 0 Å². The predicted octanol–water partition coefficient (Wildman–Crippen LogP) is 5.15. The molecule has 0 saturated heterocycles. The molecule has 0 unspecified atom stereocenters. The molecule has 0 fully saturated rings. The van der Waals surface area contributed by atoms with Crippen LogP contribution >= 0.6 is 11.6 Å². The Morgan fingerprint density at radius 1 is 0.917 bits per heavy atom. The van der Waals surface area contributed by atoms with Crippen molar-refractivity contribution >= 4 is 23.0 Å². The van der Waals surface area contributed by atoms with E-state index >= 15 is 0 Å². The van der Waals surface area contributed by atoms with Crippen molar-refractivity contribution in [1.29, 1.82) is 0 Å². The van der Waals surface area contributed by atoms with E-state index in [2.05, 4.69) is 5.32 Å². The lowest BCUT2D eigenvalue weighted by Gasteiger charge is -2.12. The average molecular weight is 340 g/mol. The van der Waals surface area contributed by atoms with Crippen LogP contribution in [0, 0.1) is 0 Å². The van der Waals surface area contributed by atoms with E-state index in [1.807, 2.05) is 60.7 Å². The van der Waals surface area contributed by atoms with E-state index in [1.54, 1.807) is 12.1 Å². The Bertz CT molecular complexity index is 788. The quantitative estimate of drug-likeness (QED) is 0.652. The molecule has 0 aliphatic heterocycles. The Labute approximate surface area is 146 Å². The summed E-state index contributed by atoms with van der Waals surface area (Å²) in [5.74, 6) is 0.808. The molecule has 0 radical (unpaired) electrons. The lowest BCUT2D eigenvalue weighted by molar-refractivity contribution is 0.282. The molecule has 24 heavy (non-hydrogen) atoms. The van der Waals surface area contributed by atoms with Crippen LogP contribution in [0.25, 0.3) is 0 Å². The van der Waals surface area contributed by atoms with E-state index in [9.17, 15) is 5.11 Å². The van der Waals surface area contributed by atoms with E-state index in [-0.39, 0.29) is 6.61 Å². The summed E-state index contributed by atoms with van der Waals surface area (Å²) in [6, 6.07) is 23.2. The Balaban J connectivity index is 1.64. The van der Waals surface area contributed by atoms with E-state index in [0.717, 1.165) is 28.3 Å². The molecule has 3 aromatic rings. The van der Waals surface area contributed by atoms with Crippen LogP contribution in [0.1, 0.15) is 11.1 Å². The molecule has 0 amide bonds. The molecule has 3 rings (SSSR count). The van der Waals surface area contributed by atoms with Crippen molar-refractivity contribution < 1.29 is 9.84 Å². The van der Waals surface area contributed by atoms with E-state index in [1.165, 1.54) is 0 Å². The van der Waals surface area contributed by atoms with Crippen molar-refractivity contribution in [1.82, 2.24) is 0 Å². The molecule has 0 heterocycles. The van der Waals surface area contributed by atoms with Gasteiger partial charge in [0.2, 0.25) is 0 Å². The first kappa shape index (κ1) is 16.4. The number of aliphatic hydroxyl groups is 1. The van der Waals surface area contributed by atoms with Crippen molar-refractivity contribution in [2.24, 2.45) is 0 Å². The summed E-state index contributed by atoms with van der Waals surface area (Å²) in [5, 5.41) is 13.3. The number of rotatable bonds is 6. The van der Waals surface area contributed by atoms with Gasteiger partial charge in [0, 0.05) is 22.0 Å². The lowest BCUT2D eigenvalue weighted by Crippen LogP contribution is -1.97. The summed E-state index contributed by atoms with van der Waals surface area (Å²) >= 11 is 5.95. The fourth-order valence-electron chi connectivity index (χ4n) is 2.35. The summed E-state index contributed by atoms with van der Waals surface area (Å²) in [6.07, 6.45) is 0. The topological polar surface area (TPSA) is 41.5 Å². The van der Waals surface area contributed by atoms with Gasteiger partial charge in [-0.1, -0.05) is 41.9 Å². The van der Waals surface area contributed by atoms with Gasteiger partial charge in [-0.15, -0.1) is 0 Å². The average Bonchev–Trinajstić information content (AvgIpc) is 2.63. The minimum absolute atomic E-state index is 0.0683. The Kier molecular flexibility index (Phi) is 5.36. The van der Waals surface area contributed by atoms with Gasteiger partial charge in [-0.3, -0.25) is 0 Å². The highest BCUT2D eigenvalue weighted by Gasteiger charge is 2.04. The van der Waals surface area contributed by atoms with Crippen LogP contribution in [-0.4, -0.2) is 5.11 Å². The number of hydrogen-bond acceptors (Lipinski definition) is 3. The van der Waals surface area contributed by atoms with E-state index in [4.69, 9.17) is 16.3 Å². The maximum atomic E-state index is 9.42. The smallest absolute Gasteiger partial charge is 0.119 e. The number of anilines is 2. The van der Waals surface area contributed by atoms with E-state index < -0.39 is 0 Å². The summed E-state index contributed by atoms with van der Waals surface area (Å²) in [4.78, 5) is 0. The lowest BCUT2D eigenvalue weighted by atomic mass is 10.1. The number of nitrogens with one attached hydrogen (secondary N) is 1. The first-order chi connectivity index (χ1) is 11.7. The Morgan fingerprint density at radius 3 is 2.38 bits per heavy atom. The first-order valence-corrected chi connectivity index (χ1v) is 8.05. The zero-order chi connectivity index (χ0) is 16.8. The summed E-state index contributed by atoms with van der Waals surface area (Å²) < 4.78 is 5.77. The van der Waals surface area contributed by atoms with Gasteiger partial charge >= 0.3 is 0 Å². The van der Waals surface area contributed by atoms with Crippen molar-refractivity contribution in [3.05, 3.63) is 88.9 Å². The molecule has 0 saturated carbocycles. The molecule has 0 aliphatic rings. The zero-order valence-electron chi connectivity index (χ0n) is 13.1. The van der Waals surface area contributed by atoms with Crippen LogP contribution in [0.2, 0.25) is 5.02 Å². The van der Waals surface area contributed by atoms with Gasteiger partial charge in [-0.2, -0.15) is 0 Å². The molecule has 0 spiro atoms. The van der Waals surface area contributed by atoms with Gasteiger partial charge < -0.3 is 15.2 Å². The molecule has 0 aliphatic carbocycles. The summed E-state index contributed by atoms with van der Waals surface area (Å²) in [6.45, 7) is 0.473. The minimum Gasteiger partial charge on any atom is -0.489 e. The van der Waals surface area contributed by atoms with Gasteiger partial charge in [0.15, 0.2) is 0 Å². The highest BCUT2D eigenvalue weighted by molar-refractivity contribution is 6.30. The highest BCUT2D eigenvalue weighted by Crippen LogP contribution is 2.25. The number of halogens is 1. The SMILES string of the molecule is OCc1cc(Cl)ccc1Nc1ccc(OCc2ccccc2)cc1. The van der Waals surface area contributed by atoms with Crippen LogP contribution in [0.4, 0.5) is 11.4 Å². The third-order valence-electron chi connectivity index (χ3n) is 3.62. The molecular weight excluding hydrogens is 322 g/mol. The van der Waals surface area contributed by atoms with Crippen LogP contribution in [0.15, 0.2) is 72.8 Å². The number of aliphatic hydroxyl groups excluding tert-OH is 1. The fourth-order valence-corrected chi connectivity index (χ4v) is 2.54. The largest absolute Gasteiger partial charge is 0.489 e. The van der Waals surface area contributed by atoms with Crippen molar-refractivity contribution in [3.63, 3.8) is 0 Å². The maximum Gasteiger partial charge on any atom is 0.119 e. The van der Waals surface area contributed by atoms with Crippen molar-refractivity contribution in [2.45, 2.75) is 13.2 Å². The number of benzene rings is 3. The predicted molar refractivity (Wildman–Crippen MR) is 97.9 cm³/mol. The molecule has 3 nitrogen and oxygen atoms in total. The van der Waals surface area contributed by atoms with Gasteiger partial charge in [-0.05, 0) is 48.0 Å². The van der Waals surface area contributed by atoms with Gasteiger partial charge in [0.05, 0.1) is 6.61 Å². The second-order valence-electron chi connectivity index (χ2n) is 5.38. The van der Waals surface area contributed by atoms with E-state index in [0.29, 0.717) is 11.6 Å². The zero-order valence-corrected chi connectivity index (χ0v) is 13.8. The number of hydrogen-bond donors (Lipinski definition) is 2.